The highest BCUT2D eigenvalue weighted by molar-refractivity contribution is 9.10. The second-order valence-electron chi connectivity index (χ2n) is 4.23. The molecule has 0 spiro atoms. The summed E-state index contributed by atoms with van der Waals surface area (Å²) in [5, 5.41) is 21.2. The minimum absolute atomic E-state index is 0.0166. The van der Waals surface area contributed by atoms with E-state index in [4.69, 9.17) is 5.39 Å². The standard InChI is InChI=1S/C12H14BrN3O/c1-12(2,11(17)8-16-14)15-7-9-3-5-10(13)6-4-9/h3-6,8,15H,7H2,1-2H3/p+1/b11-8-. The lowest BCUT2D eigenvalue weighted by Gasteiger charge is -2.23. The summed E-state index contributed by atoms with van der Waals surface area (Å²) in [6.45, 7) is 4.23. The SMILES string of the molecule is CC(C)(NCc1ccc(Br)cc1)/C(O)=C/[N+]#N. The Balaban J connectivity index is 2.64. The summed E-state index contributed by atoms with van der Waals surface area (Å²) in [4.78, 5) is 2.81. The first kappa shape index (κ1) is 13.7. The summed E-state index contributed by atoms with van der Waals surface area (Å²) in [6, 6.07) is 7.90. The normalized spacial score (nSPS) is 12.2. The van der Waals surface area contributed by atoms with Gasteiger partial charge in [0.25, 0.3) is 0 Å². The van der Waals surface area contributed by atoms with Crippen molar-refractivity contribution in [3.05, 3.63) is 51.2 Å². The first-order valence-electron chi connectivity index (χ1n) is 5.19. The first-order chi connectivity index (χ1) is 7.95. The number of hydrogen-bond acceptors (Lipinski definition) is 3. The van der Waals surface area contributed by atoms with Crippen LogP contribution in [-0.2, 0) is 6.54 Å². The number of halogens is 1. The van der Waals surface area contributed by atoms with Crippen molar-refractivity contribution in [1.82, 2.24) is 5.32 Å². The van der Waals surface area contributed by atoms with E-state index in [0.29, 0.717) is 6.54 Å². The van der Waals surface area contributed by atoms with Gasteiger partial charge in [0.05, 0.1) is 5.54 Å². The Kier molecular flexibility index (Phi) is 4.67. The highest BCUT2D eigenvalue weighted by Crippen LogP contribution is 2.15. The summed E-state index contributed by atoms with van der Waals surface area (Å²) in [5.41, 5.74) is 0.467. The number of hydrogen-bond donors (Lipinski definition) is 2. The van der Waals surface area contributed by atoms with Crippen LogP contribution in [0.15, 0.2) is 40.7 Å². The zero-order valence-electron chi connectivity index (χ0n) is 9.81. The zero-order chi connectivity index (χ0) is 12.9. The summed E-state index contributed by atoms with van der Waals surface area (Å²) < 4.78 is 1.03. The van der Waals surface area contributed by atoms with Crippen LogP contribution in [0.3, 0.4) is 0 Å². The maximum atomic E-state index is 9.64. The Labute approximate surface area is 109 Å². The van der Waals surface area contributed by atoms with Crippen LogP contribution in [0.4, 0.5) is 0 Å². The van der Waals surface area contributed by atoms with Crippen LogP contribution < -0.4 is 5.32 Å². The highest BCUT2D eigenvalue weighted by atomic mass is 79.9. The van der Waals surface area contributed by atoms with Gasteiger partial charge in [0, 0.05) is 11.0 Å². The Morgan fingerprint density at radius 1 is 1.47 bits per heavy atom. The Hall–Kier alpha value is -1.38. The number of nitrogens with zero attached hydrogens (tertiary/aromatic N) is 2. The van der Waals surface area contributed by atoms with Crippen LogP contribution in [0.2, 0.25) is 0 Å². The summed E-state index contributed by atoms with van der Waals surface area (Å²) >= 11 is 3.37. The number of rotatable bonds is 4. The molecule has 0 saturated heterocycles. The molecule has 0 radical (unpaired) electrons. The second kappa shape index (κ2) is 5.80. The van der Waals surface area contributed by atoms with Crippen LogP contribution in [0.25, 0.3) is 4.98 Å². The molecule has 0 fully saturated rings. The molecule has 0 bridgehead atoms. The van der Waals surface area contributed by atoms with Crippen molar-refractivity contribution in [2.24, 2.45) is 0 Å². The van der Waals surface area contributed by atoms with Crippen LogP contribution in [0.5, 0.6) is 0 Å². The smallest absolute Gasteiger partial charge is 0.389 e. The molecule has 1 aromatic carbocycles. The fraction of sp³-hybridized carbons (Fsp3) is 0.333. The molecule has 5 heteroatoms. The molecule has 0 amide bonds. The lowest BCUT2D eigenvalue weighted by Crippen LogP contribution is -2.40. The van der Waals surface area contributed by atoms with E-state index < -0.39 is 5.54 Å². The monoisotopic (exact) mass is 296 g/mol. The van der Waals surface area contributed by atoms with Crippen LogP contribution in [0.1, 0.15) is 19.4 Å². The van der Waals surface area contributed by atoms with E-state index in [0.717, 1.165) is 16.2 Å². The Morgan fingerprint density at radius 3 is 2.59 bits per heavy atom. The molecule has 0 aliphatic rings. The zero-order valence-corrected chi connectivity index (χ0v) is 11.4. The molecule has 0 aliphatic heterocycles. The van der Waals surface area contributed by atoms with Crippen molar-refractivity contribution < 1.29 is 5.11 Å². The lowest BCUT2D eigenvalue weighted by atomic mass is 10.0. The average Bonchev–Trinajstić information content (AvgIpc) is 2.29. The molecule has 0 heterocycles. The van der Waals surface area contributed by atoms with Crippen molar-refractivity contribution in [3.63, 3.8) is 0 Å². The Bertz CT molecular complexity index is 446. The molecule has 2 N–H and O–H groups in total. The fourth-order valence-corrected chi connectivity index (χ4v) is 1.50. The van der Waals surface area contributed by atoms with Crippen molar-refractivity contribution in [3.8, 4) is 0 Å². The van der Waals surface area contributed by atoms with E-state index in [1.165, 1.54) is 0 Å². The molecule has 0 aliphatic carbocycles. The first-order valence-corrected chi connectivity index (χ1v) is 5.98. The van der Waals surface area contributed by atoms with E-state index in [2.05, 4.69) is 26.2 Å². The third-order valence-electron chi connectivity index (χ3n) is 2.47. The topological polar surface area (TPSA) is 60.4 Å². The molecular formula is C12H15BrN3O+. The van der Waals surface area contributed by atoms with Gasteiger partial charge in [0.2, 0.25) is 11.2 Å². The van der Waals surface area contributed by atoms with Gasteiger partial charge < -0.3 is 10.4 Å². The molecule has 90 valence electrons. The molecule has 17 heavy (non-hydrogen) atoms. The number of aliphatic hydroxyl groups is 1. The van der Waals surface area contributed by atoms with Crippen LogP contribution in [0, 0.1) is 5.39 Å². The van der Waals surface area contributed by atoms with Gasteiger partial charge in [-0.3, -0.25) is 0 Å². The maximum absolute atomic E-state index is 9.64. The predicted octanol–water partition coefficient (Wildman–Crippen LogP) is 3.57. The molecular weight excluding hydrogens is 282 g/mol. The molecule has 1 aromatic rings. The van der Waals surface area contributed by atoms with Crippen LogP contribution in [-0.4, -0.2) is 10.6 Å². The third-order valence-corrected chi connectivity index (χ3v) is 3.00. The number of nitrogens with one attached hydrogen (secondary N) is 1. The van der Waals surface area contributed by atoms with Gasteiger partial charge >= 0.3 is 6.20 Å². The molecule has 1 rings (SSSR count). The summed E-state index contributed by atoms with van der Waals surface area (Å²) in [5.74, 6) is -0.0166. The molecule has 0 aromatic heterocycles. The predicted molar refractivity (Wildman–Crippen MR) is 70.9 cm³/mol. The third kappa shape index (κ3) is 4.17. The minimum Gasteiger partial charge on any atom is -0.504 e. The van der Waals surface area contributed by atoms with E-state index in [1.54, 1.807) is 0 Å². The Morgan fingerprint density at radius 2 is 2.06 bits per heavy atom. The van der Waals surface area contributed by atoms with Crippen molar-refractivity contribution >= 4 is 15.9 Å². The quantitative estimate of drug-likeness (QED) is 0.659. The van der Waals surface area contributed by atoms with E-state index in [-0.39, 0.29) is 5.76 Å². The summed E-state index contributed by atoms with van der Waals surface area (Å²) in [6.07, 6.45) is 1.02. The average molecular weight is 297 g/mol. The number of aliphatic hydroxyl groups excluding tert-OH is 1. The fourth-order valence-electron chi connectivity index (χ4n) is 1.23. The largest absolute Gasteiger partial charge is 0.504 e. The van der Waals surface area contributed by atoms with Crippen molar-refractivity contribution in [2.75, 3.05) is 0 Å². The van der Waals surface area contributed by atoms with Gasteiger partial charge in [-0.05, 0) is 31.5 Å². The molecule has 0 atom stereocenters. The van der Waals surface area contributed by atoms with Crippen molar-refractivity contribution in [2.45, 2.75) is 25.9 Å². The maximum Gasteiger partial charge on any atom is 0.389 e. The van der Waals surface area contributed by atoms with E-state index in [9.17, 15) is 5.11 Å². The number of benzene rings is 1. The molecule has 0 unspecified atom stereocenters. The van der Waals surface area contributed by atoms with Gasteiger partial charge in [-0.15, -0.1) is 0 Å². The minimum atomic E-state index is -0.640. The summed E-state index contributed by atoms with van der Waals surface area (Å²) in [7, 11) is 0. The molecule has 4 nitrogen and oxygen atoms in total. The van der Waals surface area contributed by atoms with E-state index in [1.807, 2.05) is 38.1 Å². The van der Waals surface area contributed by atoms with Gasteiger partial charge in [-0.1, -0.05) is 28.1 Å². The van der Waals surface area contributed by atoms with E-state index >= 15 is 0 Å². The second-order valence-corrected chi connectivity index (χ2v) is 5.15. The van der Waals surface area contributed by atoms with Crippen molar-refractivity contribution in [1.29, 1.82) is 5.39 Å². The number of diazo groups is 1. The van der Waals surface area contributed by atoms with Gasteiger partial charge in [-0.2, -0.15) is 0 Å². The molecule has 0 saturated carbocycles. The van der Waals surface area contributed by atoms with Gasteiger partial charge in [0.15, 0.2) is 4.98 Å². The van der Waals surface area contributed by atoms with Crippen LogP contribution >= 0.6 is 15.9 Å². The van der Waals surface area contributed by atoms with Gasteiger partial charge in [0.1, 0.15) is 0 Å². The van der Waals surface area contributed by atoms with Gasteiger partial charge in [-0.25, -0.2) is 0 Å². The lowest BCUT2D eigenvalue weighted by molar-refractivity contribution is 0.279. The highest BCUT2D eigenvalue weighted by Gasteiger charge is 2.25.